The average Bonchev–Trinajstić information content (AvgIpc) is 2.42. The predicted octanol–water partition coefficient (Wildman–Crippen LogP) is 5.35. The lowest BCUT2D eigenvalue weighted by Crippen LogP contribution is -1.96. The van der Waals surface area contributed by atoms with Crippen LogP contribution < -0.4 is 4.74 Å². The lowest BCUT2D eigenvalue weighted by molar-refractivity contribution is 0.454. The van der Waals surface area contributed by atoms with Gasteiger partial charge in [-0.1, -0.05) is 26.0 Å². The highest BCUT2D eigenvalue weighted by atomic mass is 35.5. The summed E-state index contributed by atoms with van der Waals surface area (Å²) in [5.74, 6) is 2.45. The number of nitrogens with zero attached hydrogens (tertiary/aromatic N) is 1. The van der Waals surface area contributed by atoms with Gasteiger partial charge in [-0.3, -0.25) is 0 Å². The minimum atomic E-state index is 0.468. The molecule has 2 nitrogen and oxygen atoms in total. The van der Waals surface area contributed by atoms with Gasteiger partial charge in [0, 0.05) is 17.6 Å². The molecule has 106 valence electrons. The van der Waals surface area contributed by atoms with E-state index in [2.05, 4.69) is 37.0 Å². The Balaban J connectivity index is 2.32. The number of ether oxygens (including phenoxy) is 1. The number of aromatic nitrogens is 1. The second kappa shape index (κ2) is 6.27. The molecule has 0 atom stereocenters. The first-order valence-corrected chi connectivity index (χ1v) is 7.34. The molecule has 2 rings (SSSR count). The summed E-state index contributed by atoms with van der Waals surface area (Å²) < 4.78 is 5.98. The monoisotopic (exact) mass is 289 g/mol. The molecule has 0 saturated heterocycles. The summed E-state index contributed by atoms with van der Waals surface area (Å²) in [6, 6.07) is 8.34. The summed E-state index contributed by atoms with van der Waals surface area (Å²) >= 11 is 5.81. The number of benzene rings is 1. The lowest BCUT2D eigenvalue weighted by atomic mass is 10.0. The maximum Gasteiger partial charge on any atom is 0.222 e. The molecular weight excluding hydrogens is 270 g/mol. The molecule has 1 aromatic carbocycles. The van der Waals surface area contributed by atoms with E-state index in [0.29, 0.717) is 17.7 Å². The van der Waals surface area contributed by atoms with E-state index in [9.17, 15) is 0 Å². The van der Waals surface area contributed by atoms with Gasteiger partial charge in [-0.15, -0.1) is 11.6 Å². The van der Waals surface area contributed by atoms with Crippen LogP contribution in [0.2, 0.25) is 0 Å². The van der Waals surface area contributed by atoms with Gasteiger partial charge in [0.1, 0.15) is 5.75 Å². The van der Waals surface area contributed by atoms with Gasteiger partial charge in [-0.25, -0.2) is 4.98 Å². The molecule has 0 radical (unpaired) electrons. The van der Waals surface area contributed by atoms with Crippen molar-refractivity contribution in [3.8, 4) is 11.6 Å². The second-order valence-corrected chi connectivity index (χ2v) is 5.65. The number of alkyl halides is 1. The molecule has 1 heterocycles. The van der Waals surface area contributed by atoms with E-state index in [4.69, 9.17) is 16.3 Å². The molecule has 20 heavy (non-hydrogen) atoms. The summed E-state index contributed by atoms with van der Waals surface area (Å²) in [6.45, 7) is 8.38. The smallest absolute Gasteiger partial charge is 0.222 e. The Kier molecular flexibility index (Phi) is 4.66. The number of pyridine rings is 1. The summed E-state index contributed by atoms with van der Waals surface area (Å²) in [5.41, 5.74) is 4.37. The van der Waals surface area contributed by atoms with E-state index < -0.39 is 0 Å². The van der Waals surface area contributed by atoms with E-state index in [1.165, 1.54) is 5.56 Å². The van der Waals surface area contributed by atoms with Crippen molar-refractivity contribution in [3.05, 3.63) is 52.7 Å². The van der Waals surface area contributed by atoms with Gasteiger partial charge in [0.2, 0.25) is 5.88 Å². The molecule has 0 aliphatic rings. The zero-order valence-electron chi connectivity index (χ0n) is 12.4. The molecule has 0 spiro atoms. The van der Waals surface area contributed by atoms with Gasteiger partial charge in [0.25, 0.3) is 0 Å². The van der Waals surface area contributed by atoms with E-state index >= 15 is 0 Å². The van der Waals surface area contributed by atoms with Crippen LogP contribution in [-0.2, 0) is 5.88 Å². The van der Waals surface area contributed by atoms with E-state index in [1.54, 1.807) is 6.20 Å². The van der Waals surface area contributed by atoms with Crippen LogP contribution in [0.5, 0.6) is 11.6 Å². The molecule has 0 amide bonds. The molecule has 0 fully saturated rings. The van der Waals surface area contributed by atoms with Crippen LogP contribution in [0.15, 0.2) is 30.5 Å². The molecule has 3 heteroatoms. The second-order valence-electron chi connectivity index (χ2n) is 5.38. The summed E-state index contributed by atoms with van der Waals surface area (Å²) in [5, 5.41) is 0. The fourth-order valence-electron chi connectivity index (χ4n) is 1.99. The van der Waals surface area contributed by atoms with Crippen molar-refractivity contribution in [2.24, 2.45) is 0 Å². The van der Waals surface area contributed by atoms with Crippen molar-refractivity contribution in [2.45, 2.75) is 39.5 Å². The number of rotatable bonds is 4. The van der Waals surface area contributed by atoms with Crippen molar-refractivity contribution in [1.82, 2.24) is 4.98 Å². The first-order chi connectivity index (χ1) is 9.51. The van der Waals surface area contributed by atoms with Crippen molar-refractivity contribution >= 4 is 11.6 Å². The normalized spacial score (nSPS) is 10.9. The van der Waals surface area contributed by atoms with Gasteiger partial charge >= 0.3 is 0 Å². The van der Waals surface area contributed by atoms with Gasteiger partial charge in [0.05, 0.1) is 0 Å². The van der Waals surface area contributed by atoms with Crippen molar-refractivity contribution in [2.75, 3.05) is 0 Å². The first kappa shape index (κ1) is 14.9. The van der Waals surface area contributed by atoms with E-state index in [-0.39, 0.29) is 0 Å². The number of hydrogen-bond acceptors (Lipinski definition) is 2. The van der Waals surface area contributed by atoms with Crippen molar-refractivity contribution < 1.29 is 4.74 Å². The van der Waals surface area contributed by atoms with Crippen LogP contribution in [0.4, 0.5) is 0 Å². The molecule has 0 aliphatic heterocycles. The third kappa shape index (κ3) is 3.31. The largest absolute Gasteiger partial charge is 0.438 e. The van der Waals surface area contributed by atoms with Crippen molar-refractivity contribution in [1.29, 1.82) is 0 Å². The molecule has 0 N–H and O–H groups in total. The van der Waals surface area contributed by atoms with Crippen LogP contribution in [0.1, 0.15) is 42.0 Å². The molecular formula is C17H20ClNO. The minimum absolute atomic E-state index is 0.468. The quantitative estimate of drug-likeness (QED) is 0.708. The Morgan fingerprint density at radius 2 is 1.90 bits per heavy atom. The van der Waals surface area contributed by atoms with Gasteiger partial charge in [-0.05, 0) is 48.6 Å². The first-order valence-electron chi connectivity index (χ1n) is 6.81. The van der Waals surface area contributed by atoms with Crippen molar-refractivity contribution in [3.63, 3.8) is 0 Å². The third-order valence-corrected chi connectivity index (χ3v) is 3.64. The molecule has 1 aromatic heterocycles. The van der Waals surface area contributed by atoms with Crippen LogP contribution in [0.25, 0.3) is 0 Å². The standard InChI is InChI=1S/C17H20ClNO/c1-11(2)15-6-5-12(3)16(8-15)20-17-13(4)7-14(9-18)10-19-17/h5-8,10-11H,9H2,1-4H3. The Hall–Kier alpha value is -1.54. The number of hydrogen-bond donors (Lipinski definition) is 0. The van der Waals surface area contributed by atoms with Crippen LogP contribution >= 0.6 is 11.6 Å². The number of halogens is 1. The lowest BCUT2D eigenvalue weighted by Gasteiger charge is -2.13. The zero-order chi connectivity index (χ0) is 14.7. The maximum atomic E-state index is 5.98. The van der Waals surface area contributed by atoms with Crippen LogP contribution in [0, 0.1) is 13.8 Å². The highest BCUT2D eigenvalue weighted by molar-refractivity contribution is 6.17. The Morgan fingerprint density at radius 1 is 1.15 bits per heavy atom. The SMILES string of the molecule is Cc1ccc(C(C)C)cc1Oc1ncc(CCl)cc1C. The van der Waals surface area contributed by atoms with Crippen LogP contribution in [-0.4, -0.2) is 4.98 Å². The van der Waals surface area contributed by atoms with Gasteiger partial charge in [0.15, 0.2) is 0 Å². The summed E-state index contributed by atoms with van der Waals surface area (Å²) in [6.07, 6.45) is 1.76. The molecule has 0 saturated carbocycles. The fourth-order valence-corrected chi connectivity index (χ4v) is 2.14. The highest BCUT2D eigenvalue weighted by Gasteiger charge is 2.09. The Bertz CT molecular complexity index is 608. The summed E-state index contributed by atoms with van der Waals surface area (Å²) in [4.78, 5) is 4.35. The predicted molar refractivity (Wildman–Crippen MR) is 83.9 cm³/mol. The van der Waals surface area contributed by atoms with E-state index in [1.807, 2.05) is 19.9 Å². The van der Waals surface area contributed by atoms with Gasteiger partial charge in [-0.2, -0.15) is 0 Å². The molecule has 2 aromatic rings. The molecule has 0 bridgehead atoms. The molecule has 0 unspecified atom stereocenters. The minimum Gasteiger partial charge on any atom is -0.438 e. The number of aryl methyl sites for hydroxylation is 2. The fraction of sp³-hybridized carbons (Fsp3) is 0.353. The Labute approximate surface area is 125 Å². The third-order valence-electron chi connectivity index (χ3n) is 3.33. The maximum absolute atomic E-state index is 5.98. The van der Waals surface area contributed by atoms with Gasteiger partial charge < -0.3 is 4.74 Å². The Morgan fingerprint density at radius 3 is 2.50 bits per heavy atom. The topological polar surface area (TPSA) is 22.1 Å². The van der Waals surface area contributed by atoms with Crippen LogP contribution in [0.3, 0.4) is 0 Å². The molecule has 0 aliphatic carbocycles. The zero-order valence-corrected chi connectivity index (χ0v) is 13.2. The highest BCUT2D eigenvalue weighted by Crippen LogP contribution is 2.29. The average molecular weight is 290 g/mol. The summed E-state index contributed by atoms with van der Waals surface area (Å²) in [7, 11) is 0. The van der Waals surface area contributed by atoms with E-state index in [0.717, 1.165) is 22.4 Å².